The molecule has 33 heavy (non-hydrogen) atoms. The summed E-state index contributed by atoms with van der Waals surface area (Å²) < 4.78 is 12.7. The molecule has 4 rings (SSSR count). The molecule has 0 spiro atoms. The summed E-state index contributed by atoms with van der Waals surface area (Å²) in [6, 6.07) is 7.81. The number of amides is 2. The molecule has 1 fully saturated rings. The lowest BCUT2D eigenvalue weighted by molar-refractivity contribution is -0.138. The highest BCUT2D eigenvalue weighted by Gasteiger charge is 2.27. The van der Waals surface area contributed by atoms with Crippen molar-refractivity contribution in [2.24, 2.45) is 0 Å². The molecular weight excluding hydrogens is 442 g/mol. The van der Waals surface area contributed by atoms with Gasteiger partial charge in [-0.2, -0.15) is 0 Å². The Labute approximate surface area is 197 Å². The highest BCUT2D eigenvalue weighted by Crippen LogP contribution is 2.36. The van der Waals surface area contributed by atoms with Gasteiger partial charge in [-0.1, -0.05) is 31.0 Å². The van der Waals surface area contributed by atoms with E-state index in [1.54, 1.807) is 14.0 Å². The van der Waals surface area contributed by atoms with Crippen LogP contribution in [0.2, 0.25) is 0 Å². The van der Waals surface area contributed by atoms with Gasteiger partial charge in [-0.3, -0.25) is 4.57 Å². The largest absolute Gasteiger partial charge is 0.497 e. The first-order valence-electron chi connectivity index (χ1n) is 11.3. The van der Waals surface area contributed by atoms with Crippen LogP contribution < -0.4 is 15.4 Å². The van der Waals surface area contributed by atoms with Crippen molar-refractivity contribution in [3.05, 3.63) is 35.5 Å². The van der Waals surface area contributed by atoms with E-state index in [2.05, 4.69) is 25.4 Å². The maximum Gasteiger partial charge on any atom is 0.337 e. The van der Waals surface area contributed by atoms with Gasteiger partial charge < -0.3 is 20.1 Å². The molecule has 2 amide bonds. The first kappa shape index (κ1) is 23.2. The molecule has 0 atom stereocenters. The molecule has 2 N–H and O–H groups in total. The van der Waals surface area contributed by atoms with Crippen molar-refractivity contribution >= 4 is 23.8 Å². The zero-order chi connectivity index (χ0) is 23.2. The van der Waals surface area contributed by atoms with Crippen LogP contribution in [0.3, 0.4) is 0 Å². The Hall–Kier alpha value is -3.01. The van der Waals surface area contributed by atoms with Crippen molar-refractivity contribution in [3.63, 3.8) is 0 Å². The van der Waals surface area contributed by atoms with Gasteiger partial charge in [-0.15, -0.1) is 10.2 Å². The smallest absolute Gasteiger partial charge is 0.337 e. The van der Waals surface area contributed by atoms with Crippen LogP contribution in [0.5, 0.6) is 5.75 Å². The number of nitrogens with one attached hydrogen (secondary N) is 2. The SMILES string of the molecule is CCOC(=O)C1=C(CSc2nnc(-c3ccc(OC)cc3)n2C2CCCCC2)NC(=O)NC1. The second kappa shape index (κ2) is 10.7. The van der Waals surface area contributed by atoms with Crippen LogP contribution >= 0.6 is 11.8 Å². The lowest BCUT2D eigenvalue weighted by Gasteiger charge is -2.26. The van der Waals surface area contributed by atoms with Crippen LogP contribution in [0.1, 0.15) is 45.1 Å². The molecule has 1 aromatic heterocycles. The normalized spacial score (nSPS) is 16.8. The number of thioether (sulfide) groups is 1. The summed E-state index contributed by atoms with van der Waals surface area (Å²) >= 11 is 1.47. The van der Waals surface area contributed by atoms with E-state index >= 15 is 0 Å². The number of urea groups is 1. The van der Waals surface area contributed by atoms with Crippen LogP contribution in [0, 0.1) is 0 Å². The maximum absolute atomic E-state index is 12.4. The molecule has 176 valence electrons. The molecule has 1 aliphatic heterocycles. The van der Waals surface area contributed by atoms with Gasteiger partial charge in [0.05, 0.1) is 25.8 Å². The molecule has 0 radical (unpaired) electrons. The molecule has 9 nitrogen and oxygen atoms in total. The van der Waals surface area contributed by atoms with Gasteiger partial charge in [0.25, 0.3) is 0 Å². The van der Waals surface area contributed by atoms with Crippen molar-refractivity contribution < 1.29 is 19.1 Å². The lowest BCUT2D eigenvalue weighted by atomic mass is 9.95. The number of ether oxygens (including phenoxy) is 2. The number of carbonyl (C=O) groups excluding carboxylic acids is 2. The standard InChI is InChI=1S/C23H29N5O4S/c1-3-32-21(29)18-13-24-22(30)25-19(18)14-33-23-27-26-20(15-9-11-17(31-2)12-10-15)28(23)16-7-5-4-6-8-16/h9-12,16H,3-8,13-14H2,1-2H3,(H2,24,25,30). The molecule has 1 aliphatic carbocycles. The van der Waals surface area contributed by atoms with Gasteiger partial charge >= 0.3 is 12.0 Å². The molecule has 2 heterocycles. The monoisotopic (exact) mass is 471 g/mol. The maximum atomic E-state index is 12.4. The summed E-state index contributed by atoms with van der Waals surface area (Å²) in [7, 11) is 1.65. The summed E-state index contributed by atoms with van der Waals surface area (Å²) in [5, 5.41) is 15.2. The minimum atomic E-state index is -0.423. The second-order valence-corrected chi connectivity index (χ2v) is 8.91. The zero-order valence-electron chi connectivity index (χ0n) is 18.9. The Morgan fingerprint density at radius 2 is 1.94 bits per heavy atom. The van der Waals surface area contributed by atoms with E-state index in [1.165, 1.54) is 31.0 Å². The molecule has 0 saturated heterocycles. The van der Waals surface area contributed by atoms with E-state index < -0.39 is 5.97 Å². The zero-order valence-corrected chi connectivity index (χ0v) is 19.7. The number of aromatic nitrogens is 3. The van der Waals surface area contributed by atoms with E-state index in [0.717, 1.165) is 35.1 Å². The number of methoxy groups -OCH3 is 1. The lowest BCUT2D eigenvalue weighted by Crippen LogP contribution is -2.44. The van der Waals surface area contributed by atoms with Crippen LogP contribution in [-0.4, -0.2) is 52.8 Å². The van der Waals surface area contributed by atoms with Crippen LogP contribution in [0.15, 0.2) is 40.7 Å². The summed E-state index contributed by atoms with van der Waals surface area (Å²) in [6.45, 7) is 2.18. The molecular formula is C23H29N5O4S. The quantitative estimate of drug-likeness (QED) is 0.447. The predicted molar refractivity (Wildman–Crippen MR) is 125 cm³/mol. The average Bonchev–Trinajstić information content (AvgIpc) is 3.27. The summed E-state index contributed by atoms with van der Waals surface area (Å²) in [5.74, 6) is 1.57. The van der Waals surface area contributed by atoms with Crippen molar-refractivity contribution in [3.8, 4) is 17.1 Å². The van der Waals surface area contributed by atoms with E-state index in [4.69, 9.17) is 9.47 Å². The Balaban J connectivity index is 1.63. The van der Waals surface area contributed by atoms with Gasteiger partial charge in [0.1, 0.15) is 5.75 Å². The van der Waals surface area contributed by atoms with Gasteiger partial charge in [0.15, 0.2) is 11.0 Å². The summed E-state index contributed by atoms with van der Waals surface area (Å²) in [6.07, 6.45) is 5.75. The van der Waals surface area contributed by atoms with E-state index in [1.807, 2.05) is 24.3 Å². The third kappa shape index (κ3) is 5.32. The van der Waals surface area contributed by atoms with Crippen molar-refractivity contribution in [2.45, 2.75) is 50.2 Å². The van der Waals surface area contributed by atoms with Crippen molar-refractivity contribution in [2.75, 3.05) is 26.0 Å². The first-order chi connectivity index (χ1) is 16.1. The van der Waals surface area contributed by atoms with Gasteiger partial charge in [-0.05, 0) is 44.0 Å². The number of benzene rings is 1. The average molecular weight is 472 g/mol. The highest BCUT2D eigenvalue weighted by atomic mass is 32.2. The number of hydrogen-bond acceptors (Lipinski definition) is 7. The Morgan fingerprint density at radius 3 is 2.64 bits per heavy atom. The molecule has 0 unspecified atom stereocenters. The Kier molecular flexibility index (Phi) is 7.54. The van der Waals surface area contributed by atoms with E-state index in [9.17, 15) is 9.59 Å². The van der Waals surface area contributed by atoms with Crippen LogP contribution in [0.25, 0.3) is 11.4 Å². The first-order valence-corrected chi connectivity index (χ1v) is 12.3. The molecule has 1 aromatic carbocycles. The van der Waals surface area contributed by atoms with Crippen molar-refractivity contribution in [1.29, 1.82) is 0 Å². The van der Waals surface area contributed by atoms with Gasteiger partial charge in [0, 0.05) is 23.1 Å². The third-order valence-corrected chi connectivity index (χ3v) is 6.84. The number of rotatable bonds is 8. The van der Waals surface area contributed by atoms with E-state index in [-0.39, 0.29) is 19.2 Å². The summed E-state index contributed by atoms with van der Waals surface area (Å²) in [4.78, 5) is 24.3. The third-order valence-electron chi connectivity index (χ3n) is 5.87. The molecule has 1 saturated carbocycles. The molecule has 0 bridgehead atoms. The molecule has 2 aromatic rings. The minimum Gasteiger partial charge on any atom is -0.497 e. The topological polar surface area (TPSA) is 107 Å². The number of hydrogen-bond donors (Lipinski definition) is 2. The van der Waals surface area contributed by atoms with E-state index in [0.29, 0.717) is 23.1 Å². The van der Waals surface area contributed by atoms with Crippen molar-refractivity contribution in [1.82, 2.24) is 25.4 Å². The fourth-order valence-corrected chi connectivity index (χ4v) is 5.18. The number of nitrogens with zero attached hydrogens (tertiary/aromatic N) is 3. The van der Waals surface area contributed by atoms with Gasteiger partial charge in [-0.25, -0.2) is 9.59 Å². The second-order valence-electron chi connectivity index (χ2n) is 7.97. The Morgan fingerprint density at radius 1 is 1.18 bits per heavy atom. The summed E-state index contributed by atoms with van der Waals surface area (Å²) in [5.41, 5.74) is 1.96. The highest BCUT2D eigenvalue weighted by molar-refractivity contribution is 7.99. The molecule has 2 aliphatic rings. The Bertz CT molecular complexity index is 1030. The fraction of sp³-hybridized carbons (Fsp3) is 0.478. The van der Waals surface area contributed by atoms with Crippen LogP contribution in [-0.2, 0) is 9.53 Å². The fourth-order valence-electron chi connectivity index (χ4n) is 4.19. The van der Waals surface area contributed by atoms with Gasteiger partial charge in [0.2, 0.25) is 0 Å². The predicted octanol–water partition coefficient (Wildman–Crippen LogP) is 3.68. The number of carbonyl (C=O) groups is 2. The molecule has 10 heteroatoms. The number of esters is 1. The minimum absolute atomic E-state index is 0.146. The van der Waals surface area contributed by atoms with Crippen LogP contribution in [0.4, 0.5) is 4.79 Å².